The van der Waals surface area contributed by atoms with E-state index in [1.165, 1.54) is 17.7 Å². The second kappa shape index (κ2) is 7.05. The fourth-order valence-electron chi connectivity index (χ4n) is 2.32. The topological polar surface area (TPSA) is 15.3 Å². The lowest BCUT2D eigenvalue weighted by Crippen LogP contribution is -2.21. The van der Waals surface area contributed by atoms with Crippen LogP contribution in [-0.2, 0) is 6.54 Å². The monoisotopic (exact) mass is 350 g/mol. The molecule has 0 saturated heterocycles. The van der Waals surface area contributed by atoms with Crippen molar-refractivity contribution in [2.24, 2.45) is 0 Å². The van der Waals surface area contributed by atoms with Gasteiger partial charge in [-0.3, -0.25) is 0 Å². The predicted octanol–water partition coefficient (Wildman–Crippen LogP) is 4.51. The highest BCUT2D eigenvalue weighted by molar-refractivity contribution is 9.10. The SMILES string of the molecule is CNC(C)c1ccc(Br)cc1N(C)Cc1ccc(F)cc1. The molecule has 0 aromatic heterocycles. The van der Waals surface area contributed by atoms with Crippen molar-refractivity contribution >= 4 is 21.6 Å². The average Bonchev–Trinajstić information content (AvgIpc) is 2.48. The van der Waals surface area contributed by atoms with Crippen molar-refractivity contribution < 1.29 is 4.39 Å². The number of halogens is 2. The molecule has 0 bridgehead atoms. The van der Waals surface area contributed by atoms with Gasteiger partial charge in [0.05, 0.1) is 0 Å². The van der Waals surface area contributed by atoms with Crippen molar-refractivity contribution in [3.05, 3.63) is 63.9 Å². The molecule has 112 valence electrons. The van der Waals surface area contributed by atoms with Gasteiger partial charge >= 0.3 is 0 Å². The van der Waals surface area contributed by atoms with Crippen LogP contribution in [0.3, 0.4) is 0 Å². The molecule has 0 fully saturated rings. The molecule has 1 N–H and O–H groups in total. The normalized spacial score (nSPS) is 12.2. The summed E-state index contributed by atoms with van der Waals surface area (Å²) in [6.07, 6.45) is 0. The molecule has 0 aliphatic rings. The van der Waals surface area contributed by atoms with Crippen molar-refractivity contribution in [1.29, 1.82) is 0 Å². The van der Waals surface area contributed by atoms with Crippen molar-refractivity contribution in [3.8, 4) is 0 Å². The first-order valence-corrected chi connectivity index (χ1v) is 7.73. The van der Waals surface area contributed by atoms with Gasteiger partial charge in [-0.1, -0.05) is 34.1 Å². The van der Waals surface area contributed by atoms with E-state index in [0.717, 1.165) is 22.3 Å². The molecule has 2 rings (SSSR count). The van der Waals surface area contributed by atoms with E-state index in [0.29, 0.717) is 0 Å². The Morgan fingerprint density at radius 1 is 1.19 bits per heavy atom. The summed E-state index contributed by atoms with van der Waals surface area (Å²) in [6, 6.07) is 13.2. The summed E-state index contributed by atoms with van der Waals surface area (Å²) < 4.78 is 14.0. The zero-order valence-corrected chi connectivity index (χ0v) is 14.1. The summed E-state index contributed by atoms with van der Waals surface area (Å²) in [7, 11) is 4.01. The summed E-state index contributed by atoms with van der Waals surface area (Å²) in [5.74, 6) is -0.201. The molecule has 21 heavy (non-hydrogen) atoms. The number of benzene rings is 2. The van der Waals surface area contributed by atoms with Crippen LogP contribution in [0.25, 0.3) is 0 Å². The van der Waals surface area contributed by atoms with E-state index in [2.05, 4.69) is 58.3 Å². The third-order valence-corrected chi connectivity index (χ3v) is 4.13. The van der Waals surface area contributed by atoms with E-state index >= 15 is 0 Å². The molecule has 0 amide bonds. The van der Waals surface area contributed by atoms with E-state index in [9.17, 15) is 4.39 Å². The minimum Gasteiger partial charge on any atom is -0.370 e. The van der Waals surface area contributed by atoms with Gasteiger partial charge in [0, 0.05) is 29.8 Å². The van der Waals surface area contributed by atoms with Crippen molar-refractivity contribution in [1.82, 2.24) is 5.32 Å². The molecule has 0 saturated carbocycles. The smallest absolute Gasteiger partial charge is 0.123 e. The Kier molecular flexibility index (Phi) is 5.37. The molecule has 0 heterocycles. The first kappa shape index (κ1) is 16.0. The van der Waals surface area contributed by atoms with Crippen LogP contribution in [0, 0.1) is 5.82 Å². The van der Waals surface area contributed by atoms with Gasteiger partial charge in [0.25, 0.3) is 0 Å². The Balaban J connectivity index is 2.27. The Bertz CT molecular complexity index is 598. The number of anilines is 1. The van der Waals surface area contributed by atoms with Crippen molar-refractivity contribution in [3.63, 3.8) is 0 Å². The lowest BCUT2D eigenvalue weighted by atomic mass is 10.0. The van der Waals surface area contributed by atoms with E-state index in [1.807, 2.05) is 19.2 Å². The van der Waals surface area contributed by atoms with Crippen LogP contribution < -0.4 is 10.2 Å². The molecular weight excluding hydrogens is 331 g/mol. The number of nitrogens with one attached hydrogen (secondary N) is 1. The molecule has 1 unspecified atom stereocenters. The molecule has 2 nitrogen and oxygen atoms in total. The lowest BCUT2D eigenvalue weighted by Gasteiger charge is -2.25. The Morgan fingerprint density at radius 2 is 1.86 bits per heavy atom. The van der Waals surface area contributed by atoms with E-state index < -0.39 is 0 Å². The molecule has 4 heteroatoms. The number of rotatable bonds is 5. The quantitative estimate of drug-likeness (QED) is 0.853. The first-order chi connectivity index (χ1) is 10.0. The number of hydrogen-bond donors (Lipinski definition) is 1. The fourth-order valence-corrected chi connectivity index (χ4v) is 2.67. The molecule has 0 aliphatic carbocycles. The minimum atomic E-state index is -0.201. The zero-order chi connectivity index (χ0) is 15.4. The summed E-state index contributed by atoms with van der Waals surface area (Å²) in [5.41, 5.74) is 3.49. The molecule has 2 aromatic carbocycles. The predicted molar refractivity (Wildman–Crippen MR) is 90.1 cm³/mol. The number of hydrogen-bond acceptors (Lipinski definition) is 2. The van der Waals surface area contributed by atoms with E-state index in [4.69, 9.17) is 0 Å². The van der Waals surface area contributed by atoms with Crippen LogP contribution in [0.2, 0.25) is 0 Å². The minimum absolute atomic E-state index is 0.201. The summed E-state index contributed by atoms with van der Waals surface area (Å²) in [6.45, 7) is 2.87. The van der Waals surface area contributed by atoms with Gasteiger partial charge in [0.2, 0.25) is 0 Å². The van der Waals surface area contributed by atoms with E-state index in [1.54, 1.807) is 0 Å². The summed E-state index contributed by atoms with van der Waals surface area (Å²) in [4.78, 5) is 2.18. The third kappa shape index (κ3) is 4.05. The molecule has 1 atom stereocenters. The molecule has 0 spiro atoms. The van der Waals surface area contributed by atoms with Crippen LogP contribution in [0.15, 0.2) is 46.9 Å². The van der Waals surface area contributed by atoms with Crippen LogP contribution in [-0.4, -0.2) is 14.1 Å². The van der Waals surface area contributed by atoms with Gasteiger partial charge in [0.15, 0.2) is 0 Å². The van der Waals surface area contributed by atoms with Crippen LogP contribution >= 0.6 is 15.9 Å². The summed E-state index contributed by atoms with van der Waals surface area (Å²) >= 11 is 3.53. The van der Waals surface area contributed by atoms with Gasteiger partial charge < -0.3 is 10.2 Å². The lowest BCUT2D eigenvalue weighted by molar-refractivity contribution is 0.626. The molecule has 2 aromatic rings. The van der Waals surface area contributed by atoms with Crippen LogP contribution in [0.4, 0.5) is 10.1 Å². The van der Waals surface area contributed by atoms with E-state index in [-0.39, 0.29) is 11.9 Å². The maximum Gasteiger partial charge on any atom is 0.123 e. The average molecular weight is 351 g/mol. The van der Waals surface area contributed by atoms with Crippen molar-refractivity contribution in [2.45, 2.75) is 19.5 Å². The third-order valence-electron chi connectivity index (χ3n) is 3.64. The zero-order valence-electron chi connectivity index (χ0n) is 12.5. The molecule has 0 aliphatic heterocycles. The van der Waals surface area contributed by atoms with Crippen LogP contribution in [0.5, 0.6) is 0 Å². The van der Waals surface area contributed by atoms with Crippen LogP contribution in [0.1, 0.15) is 24.1 Å². The van der Waals surface area contributed by atoms with Gasteiger partial charge in [-0.05, 0) is 49.4 Å². The molecule has 0 radical (unpaired) electrons. The maximum absolute atomic E-state index is 13.0. The van der Waals surface area contributed by atoms with Gasteiger partial charge in [-0.25, -0.2) is 4.39 Å². The highest BCUT2D eigenvalue weighted by atomic mass is 79.9. The van der Waals surface area contributed by atoms with Gasteiger partial charge in [-0.15, -0.1) is 0 Å². The van der Waals surface area contributed by atoms with Gasteiger partial charge in [-0.2, -0.15) is 0 Å². The first-order valence-electron chi connectivity index (χ1n) is 6.93. The summed E-state index contributed by atoms with van der Waals surface area (Å²) in [5, 5.41) is 3.28. The Hall–Kier alpha value is -1.39. The largest absolute Gasteiger partial charge is 0.370 e. The van der Waals surface area contributed by atoms with Crippen molar-refractivity contribution in [2.75, 3.05) is 19.0 Å². The maximum atomic E-state index is 13.0. The molecular formula is C17H20BrFN2. The Morgan fingerprint density at radius 3 is 2.48 bits per heavy atom. The standard InChI is InChI=1S/C17H20BrFN2/c1-12(20-2)16-9-6-14(18)10-17(16)21(3)11-13-4-7-15(19)8-5-13/h4-10,12,20H,11H2,1-3H3. The van der Waals surface area contributed by atoms with Gasteiger partial charge in [0.1, 0.15) is 5.82 Å². The fraction of sp³-hybridized carbons (Fsp3) is 0.294. The highest BCUT2D eigenvalue weighted by Gasteiger charge is 2.13. The number of nitrogens with zero attached hydrogens (tertiary/aromatic N) is 1. The second-order valence-electron chi connectivity index (χ2n) is 5.20. The second-order valence-corrected chi connectivity index (χ2v) is 6.11. The Labute approximate surface area is 134 Å². The highest BCUT2D eigenvalue weighted by Crippen LogP contribution is 2.29.